The van der Waals surface area contributed by atoms with Crippen molar-refractivity contribution in [3.63, 3.8) is 0 Å². The summed E-state index contributed by atoms with van der Waals surface area (Å²) in [6.07, 6.45) is 0. The lowest BCUT2D eigenvalue weighted by molar-refractivity contribution is 0.0696. The molecule has 0 aliphatic heterocycles. The van der Waals surface area contributed by atoms with E-state index < -0.39 is 11.8 Å². The van der Waals surface area contributed by atoms with Crippen molar-refractivity contribution < 1.29 is 19.0 Å². The van der Waals surface area contributed by atoms with E-state index in [1.807, 2.05) is 0 Å². The minimum atomic E-state index is -1.11. The van der Waals surface area contributed by atoms with Crippen LogP contribution in [0, 0.1) is 5.82 Å². The van der Waals surface area contributed by atoms with E-state index in [9.17, 15) is 9.18 Å². The van der Waals surface area contributed by atoms with Crippen LogP contribution in [0.4, 0.5) is 10.1 Å². The third kappa shape index (κ3) is 3.03. The number of carboxylic acids is 1. The summed E-state index contributed by atoms with van der Waals surface area (Å²) in [7, 11) is 0. The molecule has 0 aliphatic carbocycles. The molecule has 3 N–H and O–H groups in total. The Bertz CT molecular complexity index is 646. The van der Waals surface area contributed by atoms with Gasteiger partial charge in [-0.15, -0.1) is 0 Å². The predicted octanol–water partition coefficient (Wildman–Crippen LogP) is 3.66. The zero-order chi connectivity index (χ0) is 14.0. The summed E-state index contributed by atoms with van der Waals surface area (Å²) in [5.74, 6) is -1.62. The molecular weight excluding hydrogens is 317 g/mol. The Morgan fingerprint density at radius 2 is 1.95 bits per heavy atom. The lowest BCUT2D eigenvalue weighted by Gasteiger charge is -2.10. The van der Waals surface area contributed by atoms with Crippen molar-refractivity contribution in [1.82, 2.24) is 0 Å². The smallest absolute Gasteiger partial charge is 0.335 e. The minimum absolute atomic E-state index is 0.0155. The van der Waals surface area contributed by atoms with Gasteiger partial charge in [-0.2, -0.15) is 0 Å². The largest absolute Gasteiger partial charge is 0.478 e. The molecule has 0 amide bonds. The van der Waals surface area contributed by atoms with Crippen LogP contribution in [0.2, 0.25) is 0 Å². The maximum Gasteiger partial charge on any atom is 0.335 e. The van der Waals surface area contributed by atoms with Gasteiger partial charge in [0.1, 0.15) is 0 Å². The average molecular weight is 326 g/mol. The van der Waals surface area contributed by atoms with Gasteiger partial charge in [0.05, 0.1) is 11.3 Å². The number of benzene rings is 2. The van der Waals surface area contributed by atoms with Gasteiger partial charge in [-0.05, 0) is 36.4 Å². The maximum absolute atomic E-state index is 13.6. The fourth-order valence-corrected chi connectivity index (χ4v) is 1.77. The molecule has 2 aromatic carbocycles. The van der Waals surface area contributed by atoms with Gasteiger partial charge < -0.3 is 15.6 Å². The summed E-state index contributed by atoms with van der Waals surface area (Å²) < 4.78 is 19.5. The summed E-state index contributed by atoms with van der Waals surface area (Å²) in [5, 5.41) is 8.88. The molecule has 6 heteroatoms. The van der Waals surface area contributed by atoms with Gasteiger partial charge in [-0.1, -0.05) is 15.9 Å². The number of anilines is 1. The van der Waals surface area contributed by atoms with Gasteiger partial charge in [-0.25, -0.2) is 9.18 Å². The Balaban J connectivity index is 2.37. The van der Waals surface area contributed by atoms with Gasteiger partial charge in [0.25, 0.3) is 0 Å². The highest BCUT2D eigenvalue weighted by Gasteiger charge is 2.11. The molecule has 0 saturated heterocycles. The first-order chi connectivity index (χ1) is 8.97. The van der Waals surface area contributed by atoms with Crippen LogP contribution in [0.5, 0.6) is 11.5 Å². The summed E-state index contributed by atoms with van der Waals surface area (Å²) in [4.78, 5) is 10.9. The second-order valence-electron chi connectivity index (χ2n) is 3.73. The topological polar surface area (TPSA) is 72.6 Å². The van der Waals surface area contributed by atoms with E-state index in [1.165, 1.54) is 30.3 Å². The number of nitrogens with two attached hydrogens (primary N) is 1. The molecule has 2 aromatic rings. The molecule has 4 nitrogen and oxygen atoms in total. The number of hydrogen-bond acceptors (Lipinski definition) is 3. The summed E-state index contributed by atoms with van der Waals surface area (Å²) in [5.41, 5.74) is 5.91. The lowest BCUT2D eigenvalue weighted by Crippen LogP contribution is -1.99. The van der Waals surface area contributed by atoms with Crippen LogP contribution < -0.4 is 10.5 Å². The summed E-state index contributed by atoms with van der Waals surface area (Å²) in [6, 6.07) is 8.27. The number of rotatable bonds is 3. The number of hydrogen-bond donors (Lipinski definition) is 2. The van der Waals surface area contributed by atoms with Gasteiger partial charge in [0, 0.05) is 4.47 Å². The van der Waals surface area contributed by atoms with Crippen LogP contribution >= 0.6 is 15.9 Å². The number of carboxylic acid groups (broad SMARTS) is 1. The molecule has 0 aromatic heterocycles. The molecule has 0 unspecified atom stereocenters. The van der Waals surface area contributed by atoms with E-state index in [1.54, 1.807) is 6.07 Å². The molecule has 0 heterocycles. The number of aromatic carboxylic acids is 1. The van der Waals surface area contributed by atoms with E-state index in [0.717, 1.165) is 0 Å². The first-order valence-electron chi connectivity index (χ1n) is 5.23. The van der Waals surface area contributed by atoms with Crippen LogP contribution in [0.25, 0.3) is 0 Å². The average Bonchev–Trinajstić information content (AvgIpc) is 2.34. The highest BCUT2D eigenvalue weighted by atomic mass is 79.9. The Labute approximate surface area is 116 Å². The lowest BCUT2D eigenvalue weighted by atomic mass is 10.2. The fourth-order valence-electron chi connectivity index (χ4n) is 1.43. The Hall–Kier alpha value is -2.08. The predicted molar refractivity (Wildman–Crippen MR) is 72.0 cm³/mol. The van der Waals surface area contributed by atoms with Crippen LogP contribution in [0.15, 0.2) is 40.9 Å². The second-order valence-corrected chi connectivity index (χ2v) is 4.65. The van der Waals surface area contributed by atoms with Crippen molar-refractivity contribution in [2.24, 2.45) is 0 Å². The monoisotopic (exact) mass is 325 g/mol. The molecular formula is C13H9BrFNO3. The minimum Gasteiger partial charge on any atom is -0.478 e. The van der Waals surface area contributed by atoms with Crippen LogP contribution in [0.3, 0.4) is 0 Å². The van der Waals surface area contributed by atoms with Gasteiger partial charge in [0.2, 0.25) is 0 Å². The van der Waals surface area contributed by atoms with Crippen LogP contribution in [0.1, 0.15) is 10.4 Å². The number of carbonyl (C=O) groups is 1. The summed E-state index contributed by atoms with van der Waals surface area (Å²) >= 11 is 3.13. The highest BCUT2D eigenvalue weighted by molar-refractivity contribution is 9.10. The molecule has 19 heavy (non-hydrogen) atoms. The number of nitrogen functional groups attached to an aromatic ring is 1. The molecule has 0 saturated carbocycles. The zero-order valence-electron chi connectivity index (χ0n) is 9.56. The quantitative estimate of drug-likeness (QED) is 0.844. The highest BCUT2D eigenvalue weighted by Crippen LogP contribution is 2.31. The van der Waals surface area contributed by atoms with E-state index in [2.05, 4.69) is 15.9 Å². The Morgan fingerprint density at radius 1 is 1.21 bits per heavy atom. The van der Waals surface area contributed by atoms with Gasteiger partial charge in [-0.3, -0.25) is 0 Å². The Kier molecular flexibility index (Phi) is 3.71. The molecule has 0 bridgehead atoms. The standard InChI is InChI=1S/C13H9BrFNO3/c14-8-2-4-11(9(15)6-8)19-12-5-7(13(17)18)1-3-10(12)16/h1-6H,16H2,(H,17,18). The fraction of sp³-hybridized carbons (Fsp3) is 0. The number of ether oxygens (including phenoxy) is 1. The zero-order valence-corrected chi connectivity index (χ0v) is 11.1. The molecule has 98 valence electrons. The normalized spacial score (nSPS) is 10.2. The van der Waals surface area contributed by atoms with Crippen molar-refractivity contribution in [3.05, 3.63) is 52.3 Å². The molecule has 0 atom stereocenters. The van der Waals surface area contributed by atoms with Crippen molar-refractivity contribution in [3.8, 4) is 11.5 Å². The second kappa shape index (κ2) is 5.27. The summed E-state index contributed by atoms with van der Waals surface area (Å²) in [6.45, 7) is 0. The van der Waals surface area contributed by atoms with Crippen molar-refractivity contribution >= 4 is 27.6 Å². The third-order valence-electron chi connectivity index (χ3n) is 2.37. The SMILES string of the molecule is Nc1ccc(C(=O)O)cc1Oc1ccc(Br)cc1F. The van der Waals surface area contributed by atoms with Crippen molar-refractivity contribution in [2.45, 2.75) is 0 Å². The first-order valence-corrected chi connectivity index (χ1v) is 6.02. The van der Waals surface area contributed by atoms with E-state index in [-0.39, 0.29) is 22.7 Å². The van der Waals surface area contributed by atoms with Crippen molar-refractivity contribution in [2.75, 3.05) is 5.73 Å². The van der Waals surface area contributed by atoms with Gasteiger partial charge >= 0.3 is 5.97 Å². The number of halogens is 2. The van der Waals surface area contributed by atoms with E-state index in [4.69, 9.17) is 15.6 Å². The van der Waals surface area contributed by atoms with E-state index >= 15 is 0 Å². The third-order valence-corrected chi connectivity index (χ3v) is 2.87. The molecule has 2 rings (SSSR count). The Morgan fingerprint density at radius 3 is 2.58 bits per heavy atom. The van der Waals surface area contributed by atoms with E-state index in [0.29, 0.717) is 4.47 Å². The first kappa shape index (κ1) is 13.4. The molecule has 0 aliphatic rings. The van der Waals surface area contributed by atoms with Gasteiger partial charge in [0.15, 0.2) is 17.3 Å². The van der Waals surface area contributed by atoms with Crippen LogP contribution in [-0.4, -0.2) is 11.1 Å². The molecule has 0 radical (unpaired) electrons. The molecule has 0 fully saturated rings. The molecule has 0 spiro atoms. The van der Waals surface area contributed by atoms with Crippen LogP contribution in [-0.2, 0) is 0 Å². The maximum atomic E-state index is 13.6. The van der Waals surface area contributed by atoms with Crippen molar-refractivity contribution in [1.29, 1.82) is 0 Å².